The van der Waals surface area contributed by atoms with Gasteiger partial charge in [0.25, 0.3) is 0 Å². The minimum atomic E-state index is -1.70. The lowest BCUT2D eigenvalue weighted by molar-refractivity contribution is 0.383. The fourth-order valence-electron chi connectivity index (χ4n) is 3.95. The van der Waals surface area contributed by atoms with Crippen LogP contribution in [0, 0.1) is 0 Å². The topological polar surface area (TPSA) is 27.7 Å². The Balaban J connectivity index is 1.97. The molecular weight excluding hydrogens is 439 g/mol. The third-order valence-electron chi connectivity index (χ3n) is 6.26. The zero-order valence-corrected chi connectivity index (χ0v) is 22.5. The first-order valence-electron chi connectivity index (χ1n) is 12.7. The largest absolute Gasteiger partial charge is 0.530 e. The van der Waals surface area contributed by atoms with Crippen LogP contribution in [0.3, 0.4) is 0 Å². The summed E-state index contributed by atoms with van der Waals surface area (Å²) in [6, 6.07) is 19.2. The SMILES string of the molecule is CCc1ccc(OP(Oc2ccc(CC)cc2CC)Oc2ccc(CC)cc2CC)c(CC)c1. The van der Waals surface area contributed by atoms with E-state index in [0.717, 1.165) is 55.8 Å². The first kappa shape index (κ1) is 26.1. The van der Waals surface area contributed by atoms with Crippen molar-refractivity contribution in [1.29, 1.82) is 0 Å². The highest BCUT2D eigenvalue weighted by molar-refractivity contribution is 7.43. The molecule has 3 rings (SSSR count). The standard InChI is InChI=1S/C30H39O3P/c1-7-22-13-16-28(25(10-4)19-22)31-34(32-29-17-14-23(8-2)20-26(29)11-5)33-30-18-15-24(9-3)21-27(30)12-6/h13-21H,7-12H2,1-6H3. The molecule has 4 heteroatoms. The third-order valence-corrected chi connectivity index (χ3v) is 7.30. The Morgan fingerprint density at radius 2 is 0.735 bits per heavy atom. The number of hydrogen-bond donors (Lipinski definition) is 0. The van der Waals surface area contributed by atoms with Gasteiger partial charge in [0.2, 0.25) is 0 Å². The van der Waals surface area contributed by atoms with E-state index in [0.29, 0.717) is 0 Å². The smallest absolute Gasteiger partial charge is 0.408 e. The fraction of sp³-hybridized carbons (Fsp3) is 0.400. The molecule has 0 saturated heterocycles. The van der Waals surface area contributed by atoms with E-state index >= 15 is 0 Å². The van der Waals surface area contributed by atoms with E-state index in [1.165, 1.54) is 33.4 Å². The lowest BCUT2D eigenvalue weighted by atomic mass is 10.1. The van der Waals surface area contributed by atoms with Gasteiger partial charge in [0.05, 0.1) is 0 Å². The fourth-order valence-corrected chi connectivity index (χ4v) is 5.08. The Labute approximate surface area is 207 Å². The van der Waals surface area contributed by atoms with Crippen molar-refractivity contribution in [2.45, 2.75) is 80.1 Å². The van der Waals surface area contributed by atoms with E-state index in [9.17, 15) is 0 Å². The molecule has 0 heterocycles. The third kappa shape index (κ3) is 6.54. The molecule has 0 unspecified atom stereocenters. The molecule has 3 aromatic rings. The van der Waals surface area contributed by atoms with Crippen LogP contribution in [0.5, 0.6) is 17.2 Å². The molecule has 0 aliphatic rings. The summed E-state index contributed by atoms with van der Waals surface area (Å²) < 4.78 is 19.4. The Kier molecular flexibility index (Phi) is 9.84. The van der Waals surface area contributed by atoms with Crippen molar-refractivity contribution in [3.8, 4) is 17.2 Å². The Bertz CT molecular complexity index is 940. The van der Waals surface area contributed by atoms with Crippen LogP contribution in [0.25, 0.3) is 0 Å². The molecule has 0 aliphatic heterocycles. The molecule has 0 radical (unpaired) electrons. The monoisotopic (exact) mass is 478 g/mol. The van der Waals surface area contributed by atoms with Crippen molar-refractivity contribution in [3.63, 3.8) is 0 Å². The van der Waals surface area contributed by atoms with Crippen LogP contribution in [0.1, 0.15) is 74.9 Å². The van der Waals surface area contributed by atoms with Crippen LogP contribution in [0.15, 0.2) is 54.6 Å². The average Bonchev–Trinajstić information content (AvgIpc) is 2.89. The summed E-state index contributed by atoms with van der Waals surface area (Å²) in [6.45, 7) is 13.0. The molecule has 34 heavy (non-hydrogen) atoms. The molecular formula is C30H39O3P. The minimum absolute atomic E-state index is 0.831. The van der Waals surface area contributed by atoms with Gasteiger partial charge in [-0.15, -0.1) is 0 Å². The average molecular weight is 479 g/mol. The van der Waals surface area contributed by atoms with Gasteiger partial charge in [-0.2, -0.15) is 0 Å². The van der Waals surface area contributed by atoms with Crippen molar-refractivity contribution >= 4 is 8.60 Å². The molecule has 3 nitrogen and oxygen atoms in total. The summed E-state index contributed by atoms with van der Waals surface area (Å²) in [5, 5.41) is 0. The molecule has 0 atom stereocenters. The lowest BCUT2D eigenvalue weighted by Gasteiger charge is -2.22. The van der Waals surface area contributed by atoms with E-state index in [-0.39, 0.29) is 0 Å². The van der Waals surface area contributed by atoms with Crippen molar-refractivity contribution in [1.82, 2.24) is 0 Å². The molecule has 3 aromatic carbocycles. The van der Waals surface area contributed by atoms with Crippen LogP contribution in [0.4, 0.5) is 0 Å². The number of aryl methyl sites for hydroxylation is 6. The van der Waals surface area contributed by atoms with Crippen molar-refractivity contribution in [2.75, 3.05) is 0 Å². The van der Waals surface area contributed by atoms with Gasteiger partial charge in [0, 0.05) is 0 Å². The molecule has 0 amide bonds. The van der Waals surface area contributed by atoms with Crippen LogP contribution < -0.4 is 13.6 Å². The zero-order chi connectivity index (χ0) is 24.5. The van der Waals surface area contributed by atoms with Gasteiger partial charge >= 0.3 is 8.60 Å². The summed E-state index contributed by atoms with van der Waals surface area (Å²) in [5.41, 5.74) is 7.45. The lowest BCUT2D eigenvalue weighted by Crippen LogP contribution is -2.06. The maximum Gasteiger partial charge on any atom is 0.530 e. The zero-order valence-electron chi connectivity index (χ0n) is 21.6. The predicted molar refractivity (Wildman–Crippen MR) is 144 cm³/mol. The highest BCUT2D eigenvalue weighted by Gasteiger charge is 2.24. The minimum Gasteiger partial charge on any atom is -0.408 e. The Hall–Kier alpha value is -2.51. The molecule has 0 spiro atoms. The van der Waals surface area contributed by atoms with Crippen LogP contribution in [0.2, 0.25) is 0 Å². The van der Waals surface area contributed by atoms with E-state index in [4.69, 9.17) is 13.6 Å². The summed E-state index contributed by atoms with van der Waals surface area (Å²) in [7, 11) is -1.70. The molecule has 182 valence electrons. The second kappa shape index (κ2) is 12.8. The normalized spacial score (nSPS) is 11.0. The van der Waals surface area contributed by atoms with E-state index in [2.05, 4.69) is 96.1 Å². The Morgan fingerprint density at radius 3 is 0.971 bits per heavy atom. The van der Waals surface area contributed by atoms with Gasteiger partial charge in [-0.25, -0.2) is 0 Å². The maximum atomic E-state index is 6.48. The van der Waals surface area contributed by atoms with E-state index < -0.39 is 8.60 Å². The van der Waals surface area contributed by atoms with Gasteiger partial charge in [-0.1, -0.05) is 77.9 Å². The second-order valence-electron chi connectivity index (χ2n) is 8.45. The number of rotatable bonds is 12. The summed E-state index contributed by atoms with van der Waals surface area (Å²) >= 11 is 0. The molecule has 0 saturated carbocycles. The molecule has 0 aliphatic carbocycles. The van der Waals surface area contributed by atoms with E-state index in [1.807, 2.05) is 0 Å². The second-order valence-corrected chi connectivity index (χ2v) is 9.44. The summed E-state index contributed by atoms with van der Waals surface area (Å²) in [6.07, 6.45) is 5.68. The van der Waals surface area contributed by atoms with E-state index in [1.54, 1.807) is 0 Å². The Morgan fingerprint density at radius 1 is 0.441 bits per heavy atom. The van der Waals surface area contributed by atoms with Crippen LogP contribution in [-0.2, 0) is 38.5 Å². The maximum absolute atomic E-state index is 6.48. The summed E-state index contributed by atoms with van der Waals surface area (Å²) in [4.78, 5) is 0. The quantitative estimate of drug-likeness (QED) is 0.243. The first-order chi connectivity index (χ1) is 16.5. The summed E-state index contributed by atoms with van der Waals surface area (Å²) in [5.74, 6) is 2.49. The van der Waals surface area contributed by atoms with Crippen molar-refractivity contribution in [2.24, 2.45) is 0 Å². The van der Waals surface area contributed by atoms with Gasteiger partial charge < -0.3 is 13.6 Å². The highest BCUT2D eigenvalue weighted by atomic mass is 31.2. The highest BCUT2D eigenvalue weighted by Crippen LogP contribution is 2.45. The number of benzene rings is 3. The van der Waals surface area contributed by atoms with Gasteiger partial charge in [0.15, 0.2) is 0 Å². The van der Waals surface area contributed by atoms with Gasteiger partial charge in [-0.3, -0.25) is 0 Å². The first-order valence-corrected chi connectivity index (χ1v) is 13.8. The number of hydrogen-bond acceptors (Lipinski definition) is 3. The van der Waals surface area contributed by atoms with Crippen LogP contribution >= 0.6 is 8.60 Å². The molecule has 0 N–H and O–H groups in total. The predicted octanol–water partition coefficient (Wildman–Crippen LogP) is 8.82. The molecule has 0 fully saturated rings. The van der Waals surface area contributed by atoms with Gasteiger partial charge in [0.1, 0.15) is 17.2 Å². The molecule has 0 bridgehead atoms. The molecule has 0 aromatic heterocycles. The van der Waals surface area contributed by atoms with Gasteiger partial charge in [-0.05, 0) is 90.1 Å². The van der Waals surface area contributed by atoms with Crippen LogP contribution in [-0.4, -0.2) is 0 Å². The van der Waals surface area contributed by atoms with Crippen molar-refractivity contribution in [3.05, 3.63) is 88.0 Å². The van der Waals surface area contributed by atoms with Crippen molar-refractivity contribution < 1.29 is 13.6 Å².